The molecule has 136 valence electrons. The molecule has 3 saturated carbocycles. The van der Waals surface area contributed by atoms with E-state index in [1.807, 2.05) is 0 Å². The van der Waals surface area contributed by atoms with Crippen molar-refractivity contribution in [2.24, 2.45) is 35.5 Å². The molecule has 0 radical (unpaired) electrons. The number of nitriles is 1. The van der Waals surface area contributed by atoms with Crippen molar-refractivity contribution in [2.45, 2.75) is 103 Å². The number of fused-ring (bicyclic) bond motifs is 3. The number of nitrogens with zero attached hydrogens (tertiary/aromatic N) is 1. The second-order valence-electron chi connectivity index (χ2n) is 9.30. The predicted octanol–water partition coefficient (Wildman–Crippen LogP) is 7.12. The predicted molar refractivity (Wildman–Crippen MR) is 101 cm³/mol. The molecule has 0 heterocycles. The molecule has 1 nitrogen and oxygen atoms in total. The Kier molecular flexibility index (Phi) is 7.06. The van der Waals surface area contributed by atoms with Gasteiger partial charge in [-0.05, 0) is 74.5 Å². The fourth-order valence-electron chi connectivity index (χ4n) is 6.48. The highest BCUT2D eigenvalue weighted by atomic mass is 14.5. The lowest BCUT2D eigenvalue weighted by Crippen LogP contribution is -2.41. The zero-order chi connectivity index (χ0) is 16.8. The van der Waals surface area contributed by atoms with Crippen LogP contribution in [0.2, 0.25) is 0 Å². The van der Waals surface area contributed by atoms with Gasteiger partial charge in [0.05, 0.1) is 6.07 Å². The minimum absolute atomic E-state index is 0.381. The third kappa shape index (κ3) is 4.56. The van der Waals surface area contributed by atoms with Crippen LogP contribution >= 0.6 is 0 Å². The first kappa shape index (κ1) is 18.3. The van der Waals surface area contributed by atoms with Crippen LogP contribution in [0.15, 0.2) is 0 Å². The number of hydrogen-bond donors (Lipinski definition) is 0. The second-order valence-corrected chi connectivity index (χ2v) is 9.30. The highest BCUT2D eigenvalue weighted by Gasteiger charge is 2.44. The van der Waals surface area contributed by atoms with Gasteiger partial charge in [0.15, 0.2) is 0 Å². The molecule has 0 aromatic carbocycles. The van der Waals surface area contributed by atoms with Gasteiger partial charge in [-0.3, -0.25) is 0 Å². The Labute approximate surface area is 150 Å². The second kappa shape index (κ2) is 9.26. The first-order valence-corrected chi connectivity index (χ1v) is 11.2. The topological polar surface area (TPSA) is 23.8 Å². The molecule has 3 rings (SSSR count). The Morgan fingerprint density at radius 2 is 1.42 bits per heavy atom. The van der Waals surface area contributed by atoms with Crippen LogP contribution < -0.4 is 0 Å². The summed E-state index contributed by atoms with van der Waals surface area (Å²) < 4.78 is 0. The Bertz CT molecular complexity index is 409. The molecule has 3 fully saturated rings. The summed E-state index contributed by atoms with van der Waals surface area (Å²) in [6.07, 6.45) is 21.5. The van der Waals surface area contributed by atoms with E-state index in [0.29, 0.717) is 5.92 Å². The zero-order valence-corrected chi connectivity index (χ0v) is 16.0. The van der Waals surface area contributed by atoms with E-state index in [-0.39, 0.29) is 0 Å². The van der Waals surface area contributed by atoms with Crippen molar-refractivity contribution in [3.8, 4) is 6.07 Å². The van der Waals surface area contributed by atoms with E-state index in [1.54, 1.807) is 6.42 Å². The summed E-state index contributed by atoms with van der Waals surface area (Å²) in [6, 6.07) is 2.56. The maximum absolute atomic E-state index is 9.25. The Hall–Kier alpha value is -0.510. The summed E-state index contributed by atoms with van der Waals surface area (Å²) in [5.74, 6) is 5.40. The monoisotopic (exact) mass is 329 g/mol. The normalized spacial score (nSPS) is 38.8. The lowest BCUT2D eigenvalue weighted by Gasteiger charge is -2.50. The summed E-state index contributed by atoms with van der Waals surface area (Å²) in [4.78, 5) is 0. The first-order chi connectivity index (χ1) is 11.8. The molecule has 0 bridgehead atoms. The Morgan fingerprint density at radius 3 is 2.17 bits per heavy atom. The number of hydrogen-bond acceptors (Lipinski definition) is 1. The lowest BCUT2D eigenvalue weighted by molar-refractivity contribution is 0.00278. The summed E-state index contributed by atoms with van der Waals surface area (Å²) in [5.41, 5.74) is 0. The van der Waals surface area contributed by atoms with Crippen LogP contribution in [-0.4, -0.2) is 0 Å². The van der Waals surface area contributed by atoms with Crippen LogP contribution in [0.4, 0.5) is 0 Å². The molecule has 6 atom stereocenters. The Morgan fingerprint density at radius 1 is 0.750 bits per heavy atom. The van der Waals surface area contributed by atoms with E-state index in [2.05, 4.69) is 13.0 Å². The van der Waals surface area contributed by atoms with Crippen molar-refractivity contribution < 1.29 is 0 Å². The molecular weight excluding hydrogens is 290 g/mol. The highest BCUT2D eigenvalue weighted by molar-refractivity contribution is 4.98. The van der Waals surface area contributed by atoms with E-state index >= 15 is 0 Å². The minimum atomic E-state index is 0.381. The fraction of sp³-hybridized carbons (Fsp3) is 0.957. The van der Waals surface area contributed by atoms with Crippen molar-refractivity contribution in [1.29, 1.82) is 5.26 Å². The van der Waals surface area contributed by atoms with Gasteiger partial charge in [-0.1, -0.05) is 58.3 Å². The lowest BCUT2D eigenvalue weighted by atomic mass is 9.55. The maximum atomic E-state index is 9.25. The first-order valence-electron chi connectivity index (χ1n) is 11.2. The van der Waals surface area contributed by atoms with E-state index in [1.165, 1.54) is 89.9 Å². The molecular formula is C23H39N. The highest BCUT2D eigenvalue weighted by Crippen LogP contribution is 2.53. The maximum Gasteiger partial charge on any atom is 0.0655 e. The van der Waals surface area contributed by atoms with Crippen LogP contribution in [0.5, 0.6) is 0 Å². The van der Waals surface area contributed by atoms with Gasteiger partial charge >= 0.3 is 0 Å². The molecule has 1 heteroatoms. The molecule has 3 aliphatic rings. The SMILES string of the molecule is CCCCCCCCC1CCC2C(CCC3CC(C#N)CCC32)C1. The summed E-state index contributed by atoms with van der Waals surface area (Å²) >= 11 is 0. The number of rotatable bonds is 7. The quantitative estimate of drug-likeness (QED) is 0.456. The van der Waals surface area contributed by atoms with Crippen LogP contribution in [0, 0.1) is 46.8 Å². The van der Waals surface area contributed by atoms with E-state index in [0.717, 1.165) is 29.6 Å². The van der Waals surface area contributed by atoms with Gasteiger partial charge in [0.25, 0.3) is 0 Å². The third-order valence-electron chi connectivity index (χ3n) is 7.80. The van der Waals surface area contributed by atoms with Crippen LogP contribution in [0.25, 0.3) is 0 Å². The standard InChI is InChI=1S/C23H39N/c1-2-3-4-5-6-7-8-18-9-13-22-20(15-18)11-12-21-16-19(17-24)10-14-23(21)22/h18-23H,2-16H2,1H3. The smallest absolute Gasteiger partial charge is 0.0655 e. The van der Waals surface area contributed by atoms with Crippen molar-refractivity contribution >= 4 is 0 Å². The Balaban J connectivity index is 1.39. The van der Waals surface area contributed by atoms with Gasteiger partial charge in [0.1, 0.15) is 0 Å². The molecule has 0 amide bonds. The minimum Gasteiger partial charge on any atom is -0.198 e. The molecule has 0 aromatic rings. The molecule has 0 saturated heterocycles. The van der Waals surface area contributed by atoms with Crippen LogP contribution in [0.3, 0.4) is 0 Å². The molecule has 0 N–H and O–H groups in total. The summed E-state index contributed by atoms with van der Waals surface area (Å²) in [7, 11) is 0. The molecule has 3 aliphatic carbocycles. The summed E-state index contributed by atoms with van der Waals surface area (Å²) in [6.45, 7) is 2.31. The molecule has 6 unspecified atom stereocenters. The zero-order valence-electron chi connectivity index (χ0n) is 16.0. The average molecular weight is 330 g/mol. The van der Waals surface area contributed by atoms with E-state index < -0.39 is 0 Å². The van der Waals surface area contributed by atoms with E-state index in [9.17, 15) is 5.26 Å². The largest absolute Gasteiger partial charge is 0.198 e. The van der Waals surface area contributed by atoms with Gasteiger partial charge in [-0.2, -0.15) is 5.26 Å². The van der Waals surface area contributed by atoms with Gasteiger partial charge in [-0.15, -0.1) is 0 Å². The van der Waals surface area contributed by atoms with Crippen molar-refractivity contribution in [3.63, 3.8) is 0 Å². The van der Waals surface area contributed by atoms with Gasteiger partial charge < -0.3 is 0 Å². The molecule has 0 aromatic heterocycles. The third-order valence-corrected chi connectivity index (χ3v) is 7.80. The van der Waals surface area contributed by atoms with Gasteiger partial charge in [0, 0.05) is 5.92 Å². The van der Waals surface area contributed by atoms with Gasteiger partial charge in [0.2, 0.25) is 0 Å². The van der Waals surface area contributed by atoms with Crippen molar-refractivity contribution in [3.05, 3.63) is 0 Å². The van der Waals surface area contributed by atoms with E-state index in [4.69, 9.17) is 0 Å². The van der Waals surface area contributed by atoms with Crippen LogP contribution in [0.1, 0.15) is 103 Å². The fourth-order valence-corrected chi connectivity index (χ4v) is 6.48. The number of unbranched alkanes of at least 4 members (excludes halogenated alkanes) is 5. The molecule has 0 spiro atoms. The van der Waals surface area contributed by atoms with Crippen molar-refractivity contribution in [1.82, 2.24) is 0 Å². The summed E-state index contributed by atoms with van der Waals surface area (Å²) in [5, 5.41) is 9.25. The van der Waals surface area contributed by atoms with Gasteiger partial charge in [-0.25, -0.2) is 0 Å². The molecule has 0 aliphatic heterocycles. The van der Waals surface area contributed by atoms with Crippen LogP contribution in [-0.2, 0) is 0 Å². The average Bonchev–Trinajstić information content (AvgIpc) is 2.63. The molecule has 24 heavy (non-hydrogen) atoms. The van der Waals surface area contributed by atoms with Crippen molar-refractivity contribution in [2.75, 3.05) is 0 Å².